The van der Waals surface area contributed by atoms with Crippen molar-refractivity contribution in [2.75, 3.05) is 26.2 Å². The number of aliphatic imine (C=N–C) groups is 1. The summed E-state index contributed by atoms with van der Waals surface area (Å²) in [6.45, 7) is 11.6. The van der Waals surface area contributed by atoms with Crippen molar-refractivity contribution in [2.45, 2.75) is 65.5 Å². The molecule has 0 aromatic carbocycles. The Hall–Kier alpha value is -2.11. The van der Waals surface area contributed by atoms with Gasteiger partial charge in [0.2, 0.25) is 0 Å². The second kappa shape index (κ2) is 16.5. The lowest BCUT2D eigenvalue weighted by Crippen LogP contribution is -2.49. The van der Waals surface area contributed by atoms with E-state index in [0.29, 0.717) is 37.7 Å². The number of carbonyl (C=O) groups excluding carboxylic acids is 2. The molecule has 0 bridgehead atoms. The Labute approximate surface area is 209 Å². The summed E-state index contributed by atoms with van der Waals surface area (Å²) >= 11 is 0. The van der Waals surface area contributed by atoms with Gasteiger partial charge in [0, 0.05) is 38.1 Å². The zero-order chi connectivity index (χ0) is 23.1. The zero-order valence-corrected chi connectivity index (χ0v) is 22.2. The normalized spacial score (nSPS) is 12.2. The van der Waals surface area contributed by atoms with Crippen molar-refractivity contribution < 1.29 is 14.3 Å². The van der Waals surface area contributed by atoms with Gasteiger partial charge in [-0.3, -0.25) is 14.8 Å². The first-order valence-electron chi connectivity index (χ1n) is 10.9. The molecule has 32 heavy (non-hydrogen) atoms. The molecule has 0 aliphatic heterocycles. The number of guanidine groups is 1. The molecule has 182 valence electrons. The summed E-state index contributed by atoms with van der Waals surface area (Å²) in [6, 6.07) is 3.45. The smallest absolute Gasteiger partial charge is 0.407 e. The number of nitrogens with zero attached hydrogens (tertiary/aromatic N) is 2. The van der Waals surface area contributed by atoms with Crippen molar-refractivity contribution in [2.24, 2.45) is 4.99 Å². The van der Waals surface area contributed by atoms with Gasteiger partial charge in [0.1, 0.15) is 5.60 Å². The molecule has 1 aromatic rings. The minimum Gasteiger partial charge on any atom is -0.444 e. The molecule has 0 radical (unpaired) electrons. The van der Waals surface area contributed by atoms with Gasteiger partial charge in [-0.1, -0.05) is 19.8 Å². The topological polar surface area (TPSA) is 117 Å². The van der Waals surface area contributed by atoms with Gasteiger partial charge >= 0.3 is 6.09 Å². The van der Waals surface area contributed by atoms with Crippen LogP contribution in [0.5, 0.6) is 0 Å². The minimum atomic E-state index is -0.535. The predicted octanol–water partition coefficient (Wildman–Crippen LogP) is 3.07. The standard InChI is InChI=1S/C22H38N6O3.HI/c1-6-8-11-18(16-27-21(30)31-22(3,4)5)28-20(24-7-2)26-14-13-25-19(29)17-10-9-12-23-15-17;/h9-10,12,15,18H,6-8,11,13-14,16H2,1-5H3,(H,25,29)(H,27,30)(H2,24,26,28);1H. The first-order chi connectivity index (χ1) is 14.7. The third-order valence-electron chi connectivity index (χ3n) is 4.07. The molecule has 4 N–H and O–H groups in total. The van der Waals surface area contributed by atoms with Crippen molar-refractivity contribution in [1.82, 2.24) is 26.3 Å². The highest BCUT2D eigenvalue weighted by Gasteiger charge is 2.18. The lowest BCUT2D eigenvalue weighted by atomic mass is 10.1. The van der Waals surface area contributed by atoms with E-state index >= 15 is 0 Å². The summed E-state index contributed by atoms with van der Waals surface area (Å²) in [5.41, 5.74) is -0.0167. The molecule has 1 unspecified atom stereocenters. The predicted molar refractivity (Wildman–Crippen MR) is 139 cm³/mol. The number of ether oxygens (including phenoxy) is 1. The molecule has 0 saturated heterocycles. The Morgan fingerprint density at radius 3 is 2.53 bits per heavy atom. The molecule has 9 nitrogen and oxygen atoms in total. The zero-order valence-electron chi connectivity index (χ0n) is 19.9. The molecule has 10 heteroatoms. The Bertz CT molecular complexity index is 695. The number of pyridine rings is 1. The first-order valence-corrected chi connectivity index (χ1v) is 10.9. The van der Waals surface area contributed by atoms with E-state index in [2.05, 4.69) is 38.2 Å². The van der Waals surface area contributed by atoms with E-state index in [1.165, 1.54) is 6.20 Å². The van der Waals surface area contributed by atoms with Crippen LogP contribution in [-0.2, 0) is 4.74 Å². The summed E-state index contributed by atoms with van der Waals surface area (Å²) in [4.78, 5) is 32.5. The van der Waals surface area contributed by atoms with Gasteiger partial charge in [0.05, 0.1) is 12.1 Å². The van der Waals surface area contributed by atoms with Crippen LogP contribution in [0, 0.1) is 0 Å². The minimum absolute atomic E-state index is 0. The fraction of sp³-hybridized carbons (Fsp3) is 0.636. The maximum atomic E-state index is 12.1. The van der Waals surface area contributed by atoms with E-state index in [-0.39, 0.29) is 35.9 Å². The number of nitrogens with one attached hydrogen (secondary N) is 4. The molecule has 0 spiro atoms. The van der Waals surface area contributed by atoms with Crippen molar-refractivity contribution >= 4 is 41.9 Å². The summed E-state index contributed by atoms with van der Waals surface area (Å²) in [7, 11) is 0. The van der Waals surface area contributed by atoms with Crippen molar-refractivity contribution in [3.63, 3.8) is 0 Å². The van der Waals surface area contributed by atoms with E-state index in [1.807, 2.05) is 27.7 Å². The monoisotopic (exact) mass is 562 g/mol. The second-order valence-corrected chi connectivity index (χ2v) is 8.12. The lowest BCUT2D eigenvalue weighted by molar-refractivity contribution is 0.0522. The lowest BCUT2D eigenvalue weighted by Gasteiger charge is -2.24. The maximum Gasteiger partial charge on any atom is 0.407 e. The molecule has 2 amide bonds. The van der Waals surface area contributed by atoms with Crippen LogP contribution in [0.3, 0.4) is 0 Å². The van der Waals surface area contributed by atoms with Gasteiger partial charge in [0.15, 0.2) is 5.96 Å². The molecule has 0 saturated carbocycles. The Kier molecular flexibility index (Phi) is 15.4. The van der Waals surface area contributed by atoms with Crippen LogP contribution in [-0.4, -0.2) is 60.8 Å². The number of unbranched alkanes of at least 4 members (excludes halogenated alkanes) is 1. The third-order valence-corrected chi connectivity index (χ3v) is 4.07. The number of hydrogen-bond donors (Lipinski definition) is 4. The average Bonchev–Trinajstić information content (AvgIpc) is 2.72. The van der Waals surface area contributed by atoms with Crippen LogP contribution in [0.15, 0.2) is 29.5 Å². The van der Waals surface area contributed by atoms with Crippen LogP contribution in [0.1, 0.15) is 64.2 Å². The number of halogens is 1. The highest BCUT2D eigenvalue weighted by molar-refractivity contribution is 14.0. The Balaban J connectivity index is 0.00000961. The molecule has 1 aromatic heterocycles. The van der Waals surface area contributed by atoms with Gasteiger partial charge < -0.3 is 26.0 Å². The van der Waals surface area contributed by atoms with Gasteiger partial charge in [-0.2, -0.15) is 0 Å². The maximum absolute atomic E-state index is 12.1. The van der Waals surface area contributed by atoms with Crippen LogP contribution in [0.25, 0.3) is 0 Å². The average molecular weight is 562 g/mol. The van der Waals surface area contributed by atoms with Crippen molar-refractivity contribution in [3.8, 4) is 0 Å². The van der Waals surface area contributed by atoms with E-state index in [0.717, 1.165) is 19.3 Å². The highest BCUT2D eigenvalue weighted by Crippen LogP contribution is 2.07. The largest absolute Gasteiger partial charge is 0.444 e. The molecule has 1 heterocycles. The number of hydrogen-bond acceptors (Lipinski definition) is 5. The second-order valence-electron chi connectivity index (χ2n) is 8.12. The molecule has 1 rings (SSSR count). The summed E-state index contributed by atoms with van der Waals surface area (Å²) in [5, 5.41) is 12.2. The SMILES string of the molecule is CCCCC(CNC(=O)OC(C)(C)C)NC(=NCCNC(=O)c1cccnc1)NCC.I. The summed E-state index contributed by atoms with van der Waals surface area (Å²) in [5.74, 6) is 0.467. The van der Waals surface area contributed by atoms with E-state index < -0.39 is 11.7 Å². The Morgan fingerprint density at radius 1 is 1.19 bits per heavy atom. The van der Waals surface area contributed by atoms with Crippen molar-refractivity contribution in [3.05, 3.63) is 30.1 Å². The first kappa shape index (κ1) is 29.9. The van der Waals surface area contributed by atoms with Crippen LogP contribution in [0.2, 0.25) is 0 Å². The van der Waals surface area contributed by atoms with Crippen LogP contribution in [0.4, 0.5) is 4.79 Å². The van der Waals surface area contributed by atoms with Crippen molar-refractivity contribution in [1.29, 1.82) is 0 Å². The Morgan fingerprint density at radius 2 is 1.94 bits per heavy atom. The molecular weight excluding hydrogens is 523 g/mol. The summed E-state index contributed by atoms with van der Waals surface area (Å²) in [6.07, 6.45) is 5.68. The van der Waals surface area contributed by atoms with Crippen LogP contribution >= 0.6 is 24.0 Å². The molecular formula is C22H39IN6O3. The van der Waals surface area contributed by atoms with Gasteiger partial charge in [0.25, 0.3) is 5.91 Å². The van der Waals surface area contributed by atoms with E-state index in [4.69, 9.17) is 4.74 Å². The fourth-order valence-corrected chi connectivity index (χ4v) is 2.65. The molecule has 0 aliphatic rings. The third kappa shape index (κ3) is 14.0. The molecule has 1 atom stereocenters. The number of rotatable bonds is 11. The van der Waals surface area contributed by atoms with Gasteiger partial charge in [-0.25, -0.2) is 4.79 Å². The number of alkyl carbamates (subject to hydrolysis) is 1. The van der Waals surface area contributed by atoms with Gasteiger partial charge in [-0.05, 0) is 46.2 Å². The molecule has 0 aliphatic carbocycles. The quantitative estimate of drug-likeness (QED) is 0.143. The van der Waals surface area contributed by atoms with E-state index in [9.17, 15) is 9.59 Å². The number of amides is 2. The summed E-state index contributed by atoms with van der Waals surface area (Å²) < 4.78 is 5.32. The molecule has 0 fully saturated rings. The number of carbonyl (C=O) groups is 2. The van der Waals surface area contributed by atoms with Crippen LogP contribution < -0.4 is 21.3 Å². The van der Waals surface area contributed by atoms with Gasteiger partial charge in [-0.15, -0.1) is 24.0 Å². The highest BCUT2D eigenvalue weighted by atomic mass is 127. The fourth-order valence-electron chi connectivity index (χ4n) is 2.65. The van der Waals surface area contributed by atoms with E-state index in [1.54, 1.807) is 18.3 Å². The number of aromatic nitrogens is 1.